The monoisotopic (exact) mass is 356 g/mol. The number of para-hydroxylation sites is 2. The van der Waals surface area contributed by atoms with Crippen LogP contribution in [-0.4, -0.2) is 38.7 Å². The molecule has 2 rings (SSSR count). The summed E-state index contributed by atoms with van der Waals surface area (Å²) in [5, 5.41) is 5.84. The zero-order valence-electron chi connectivity index (χ0n) is 15.1. The first kappa shape index (κ1) is 19.3. The van der Waals surface area contributed by atoms with Gasteiger partial charge in [-0.3, -0.25) is 4.79 Å². The van der Waals surface area contributed by atoms with Gasteiger partial charge in [0.15, 0.2) is 0 Å². The number of amides is 1. The van der Waals surface area contributed by atoms with Crippen molar-refractivity contribution in [2.24, 2.45) is 0 Å². The molecule has 0 unspecified atom stereocenters. The number of hydrogen-bond acceptors (Lipinski definition) is 5. The van der Waals surface area contributed by atoms with E-state index in [1.807, 2.05) is 24.3 Å². The van der Waals surface area contributed by atoms with Crippen molar-refractivity contribution in [3.63, 3.8) is 0 Å². The number of esters is 1. The van der Waals surface area contributed by atoms with Gasteiger partial charge in [-0.05, 0) is 37.1 Å². The Hall–Kier alpha value is -3.02. The minimum absolute atomic E-state index is 0.0718. The van der Waals surface area contributed by atoms with Crippen molar-refractivity contribution in [1.29, 1.82) is 0 Å². The first-order chi connectivity index (χ1) is 12.7. The maximum atomic E-state index is 12.0. The molecule has 26 heavy (non-hydrogen) atoms. The molecule has 6 heteroatoms. The largest absolute Gasteiger partial charge is 0.496 e. The number of rotatable bonds is 9. The standard InChI is InChI=1S/C20H24N2O4/c1-3-26-20(24)16-9-5-6-10-17(16)22-14-19(23)21-13-12-15-8-4-7-11-18(15)25-2/h4-11,22H,3,12-14H2,1-2H3,(H,21,23). The molecule has 6 nitrogen and oxygen atoms in total. The van der Waals surface area contributed by atoms with Crippen LogP contribution in [0.25, 0.3) is 0 Å². The van der Waals surface area contributed by atoms with E-state index >= 15 is 0 Å². The van der Waals surface area contributed by atoms with Crippen molar-refractivity contribution in [1.82, 2.24) is 5.32 Å². The molecule has 0 saturated heterocycles. The minimum Gasteiger partial charge on any atom is -0.496 e. The molecule has 0 aliphatic heterocycles. The van der Waals surface area contributed by atoms with Crippen LogP contribution in [0.4, 0.5) is 5.69 Å². The maximum absolute atomic E-state index is 12.0. The van der Waals surface area contributed by atoms with Crippen molar-refractivity contribution in [2.45, 2.75) is 13.3 Å². The molecule has 0 aliphatic carbocycles. The molecular weight excluding hydrogens is 332 g/mol. The Balaban J connectivity index is 1.83. The normalized spacial score (nSPS) is 10.1. The lowest BCUT2D eigenvalue weighted by atomic mass is 10.1. The number of hydrogen-bond donors (Lipinski definition) is 2. The Morgan fingerprint density at radius 1 is 1.04 bits per heavy atom. The van der Waals surface area contributed by atoms with Gasteiger partial charge >= 0.3 is 5.97 Å². The molecular formula is C20H24N2O4. The highest BCUT2D eigenvalue weighted by Gasteiger charge is 2.12. The van der Waals surface area contributed by atoms with Gasteiger partial charge < -0.3 is 20.1 Å². The predicted molar refractivity (Wildman–Crippen MR) is 101 cm³/mol. The van der Waals surface area contributed by atoms with Gasteiger partial charge in [0.05, 0.1) is 25.8 Å². The van der Waals surface area contributed by atoms with Crippen LogP contribution >= 0.6 is 0 Å². The zero-order valence-corrected chi connectivity index (χ0v) is 15.1. The quantitative estimate of drug-likeness (QED) is 0.676. The summed E-state index contributed by atoms with van der Waals surface area (Å²) in [7, 11) is 1.63. The third-order valence-corrected chi connectivity index (χ3v) is 3.77. The summed E-state index contributed by atoms with van der Waals surface area (Å²) in [5.74, 6) is 0.244. The molecule has 0 aliphatic rings. The lowest BCUT2D eigenvalue weighted by molar-refractivity contribution is -0.119. The maximum Gasteiger partial charge on any atom is 0.340 e. The number of carbonyl (C=O) groups excluding carboxylic acids is 2. The fourth-order valence-corrected chi connectivity index (χ4v) is 2.51. The second-order valence-corrected chi connectivity index (χ2v) is 5.53. The van der Waals surface area contributed by atoms with Crippen LogP contribution in [0.5, 0.6) is 5.75 Å². The van der Waals surface area contributed by atoms with Crippen molar-refractivity contribution in [3.05, 3.63) is 59.7 Å². The highest BCUT2D eigenvalue weighted by molar-refractivity contribution is 5.96. The molecule has 0 spiro atoms. The van der Waals surface area contributed by atoms with Crippen LogP contribution < -0.4 is 15.4 Å². The van der Waals surface area contributed by atoms with E-state index in [0.717, 1.165) is 11.3 Å². The second kappa shape index (κ2) is 10.1. The number of ether oxygens (including phenoxy) is 2. The van der Waals surface area contributed by atoms with Crippen LogP contribution in [0, 0.1) is 0 Å². The topological polar surface area (TPSA) is 76.7 Å². The molecule has 0 atom stereocenters. The average molecular weight is 356 g/mol. The van der Waals surface area contributed by atoms with Crippen LogP contribution in [0.2, 0.25) is 0 Å². The molecule has 0 saturated carbocycles. The number of carbonyl (C=O) groups is 2. The predicted octanol–water partition coefficient (Wildman–Crippen LogP) is 2.64. The second-order valence-electron chi connectivity index (χ2n) is 5.53. The number of nitrogens with one attached hydrogen (secondary N) is 2. The molecule has 0 heterocycles. The highest BCUT2D eigenvalue weighted by Crippen LogP contribution is 2.17. The molecule has 2 aromatic carbocycles. The zero-order chi connectivity index (χ0) is 18.8. The molecule has 0 bridgehead atoms. The molecule has 2 aromatic rings. The van der Waals surface area contributed by atoms with Crippen LogP contribution in [0.3, 0.4) is 0 Å². The van der Waals surface area contributed by atoms with Gasteiger partial charge in [-0.25, -0.2) is 4.79 Å². The number of benzene rings is 2. The van der Waals surface area contributed by atoms with Crippen molar-refractivity contribution in [2.75, 3.05) is 32.1 Å². The van der Waals surface area contributed by atoms with Gasteiger partial charge in [0, 0.05) is 12.2 Å². The number of anilines is 1. The van der Waals surface area contributed by atoms with Gasteiger partial charge in [0.1, 0.15) is 5.75 Å². The van der Waals surface area contributed by atoms with Gasteiger partial charge in [0.25, 0.3) is 0 Å². The SMILES string of the molecule is CCOC(=O)c1ccccc1NCC(=O)NCCc1ccccc1OC. The van der Waals surface area contributed by atoms with E-state index in [9.17, 15) is 9.59 Å². The Labute approximate surface area is 153 Å². The molecule has 1 amide bonds. The van der Waals surface area contributed by atoms with Crippen molar-refractivity contribution < 1.29 is 19.1 Å². The average Bonchev–Trinajstić information content (AvgIpc) is 2.67. The summed E-state index contributed by atoms with van der Waals surface area (Å²) in [6.45, 7) is 2.63. The summed E-state index contributed by atoms with van der Waals surface area (Å²) < 4.78 is 10.3. The highest BCUT2D eigenvalue weighted by atomic mass is 16.5. The first-order valence-corrected chi connectivity index (χ1v) is 8.54. The summed E-state index contributed by atoms with van der Waals surface area (Å²) in [6.07, 6.45) is 0.676. The molecule has 0 radical (unpaired) electrons. The fraction of sp³-hybridized carbons (Fsp3) is 0.300. The van der Waals surface area contributed by atoms with E-state index in [1.165, 1.54) is 0 Å². The van der Waals surface area contributed by atoms with Gasteiger partial charge in [-0.2, -0.15) is 0 Å². The van der Waals surface area contributed by atoms with E-state index in [0.29, 0.717) is 30.8 Å². The smallest absolute Gasteiger partial charge is 0.340 e. The molecule has 0 fully saturated rings. The molecule has 0 aromatic heterocycles. The number of methoxy groups -OCH3 is 1. The lowest BCUT2D eigenvalue weighted by Gasteiger charge is -2.12. The Morgan fingerprint density at radius 3 is 2.54 bits per heavy atom. The van der Waals surface area contributed by atoms with Crippen molar-refractivity contribution >= 4 is 17.6 Å². The van der Waals surface area contributed by atoms with Crippen LogP contribution in [0.15, 0.2) is 48.5 Å². The van der Waals surface area contributed by atoms with E-state index in [-0.39, 0.29) is 12.5 Å². The fourth-order valence-electron chi connectivity index (χ4n) is 2.51. The summed E-state index contributed by atoms with van der Waals surface area (Å²) >= 11 is 0. The third-order valence-electron chi connectivity index (χ3n) is 3.77. The summed E-state index contributed by atoms with van der Waals surface area (Å²) in [5.41, 5.74) is 2.03. The van der Waals surface area contributed by atoms with E-state index in [1.54, 1.807) is 38.3 Å². The van der Waals surface area contributed by atoms with Crippen LogP contribution in [-0.2, 0) is 16.0 Å². The van der Waals surface area contributed by atoms with E-state index < -0.39 is 5.97 Å². The Morgan fingerprint density at radius 2 is 1.77 bits per heavy atom. The minimum atomic E-state index is -0.410. The van der Waals surface area contributed by atoms with Gasteiger partial charge in [0.2, 0.25) is 5.91 Å². The van der Waals surface area contributed by atoms with E-state index in [4.69, 9.17) is 9.47 Å². The Kier molecular flexibility index (Phi) is 7.49. The molecule has 2 N–H and O–H groups in total. The summed E-state index contributed by atoms with van der Waals surface area (Å²) in [4.78, 5) is 24.0. The van der Waals surface area contributed by atoms with Crippen LogP contribution in [0.1, 0.15) is 22.8 Å². The summed E-state index contributed by atoms with van der Waals surface area (Å²) in [6, 6.07) is 14.7. The molecule has 138 valence electrons. The lowest BCUT2D eigenvalue weighted by Crippen LogP contribution is -2.31. The van der Waals surface area contributed by atoms with E-state index in [2.05, 4.69) is 10.6 Å². The Bertz CT molecular complexity index is 746. The third kappa shape index (κ3) is 5.51. The first-order valence-electron chi connectivity index (χ1n) is 8.54. The van der Waals surface area contributed by atoms with Gasteiger partial charge in [-0.1, -0.05) is 30.3 Å². The van der Waals surface area contributed by atoms with Gasteiger partial charge in [-0.15, -0.1) is 0 Å². The van der Waals surface area contributed by atoms with Crippen molar-refractivity contribution in [3.8, 4) is 5.75 Å².